The maximum atomic E-state index is 12.0. The highest BCUT2D eigenvalue weighted by Crippen LogP contribution is 2.12. The van der Waals surface area contributed by atoms with Crippen molar-refractivity contribution in [1.82, 2.24) is 5.32 Å². The van der Waals surface area contributed by atoms with E-state index in [0.29, 0.717) is 17.0 Å². The smallest absolute Gasteiger partial charge is 0.325 e. The van der Waals surface area contributed by atoms with Gasteiger partial charge in [-0.3, -0.25) is 14.4 Å². The molecule has 0 aromatic heterocycles. The first-order valence-electron chi connectivity index (χ1n) is 7.92. The van der Waals surface area contributed by atoms with Crippen LogP contribution < -0.4 is 15.4 Å². The summed E-state index contributed by atoms with van der Waals surface area (Å²) in [6.07, 6.45) is 0. The van der Waals surface area contributed by atoms with Gasteiger partial charge in [0.1, 0.15) is 12.3 Å². The van der Waals surface area contributed by atoms with Crippen molar-refractivity contribution in [3.63, 3.8) is 0 Å². The van der Waals surface area contributed by atoms with Crippen LogP contribution in [0.2, 0.25) is 0 Å². The standard InChI is InChI=1S/C19H20N2O5/c1-13-5-3-7-15(9-13)21-17(22)12-26-18(23)11-20-19(24)14-6-4-8-16(10-14)25-2/h3-10H,11-12H2,1-2H3,(H,20,24)(H,21,22). The van der Waals surface area contributed by atoms with Crippen LogP contribution in [0.25, 0.3) is 0 Å². The number of ether oxygens (including phenoxy) is 2. The summed E-state index contributed by atoms with van der Waals surface area (Å²) in [5.41, 5.74) is 1.98. The van der Waals surface area contributed by atoms with E-state index in [1.165, 1.54) is 7.11 Å². The second-order valence-corrected chi connectivity index (χ2v) is 5.49. The highest BCUT2D eigenvalue weighted by atomic mass is 16.5. The first-order valence-corrected chi connectivity index (χ1v) is 7.92. The van der Waals surface area contributed by atoms with Gasteiger partial charge in [0.25, 0.3) is 11.8 Å². The molecule has 0 saturated heterocycles. The minimum atomic E-state index is -0.708. The second kappa shape index (κ2) is 9.22. The van der Waals surface area contributed by atoms with Crippen LogP contribution in [-0.2, 0) is 14.3 Å². The fourth-order valence-electron chi connectivity index (χ4n) is 2.14. The first kappa shape index (κ1) is 19.0. The molecule has 0 aliphatic rings. The number of hydrogen-bond acceptors (Lipinski definition) is 5. The molecule has 7 nitrogen and oxygen atoms in total. The largest absolute Gasteiger partial charge is 0.497 e. The van der Waals surface area contributed by atoms with E-state index in [1.54, 1.807) is 36.4 Å². The van der Waals surface area contributed by atoms with Gasteiger partial charge < -0.3 is 20.1 Å². The van der Waals surface area contributed by atoms with Gasteiger partial charge in [-0.25, -0.2) is 0 Å². The van der Waals surface area contributed by atoms with Crippen LogP contribution in [0.5, 0.6) is 5.75 Å². The van der Waals surface area contributed by atoms with Crippen LogP contribution in [0.1, 0.15) is 15.9 Å². The van der Waals surface area contributed by atoms with Gasteiger partial charge in [0.2, 0.25) is 0 Å². The van der Waals surface area contributed by atoms with Crippen LogP contribution in [0, 0.1) is 6.92 Å². The first-order chi connectivity index (χ1) is 12.5. The molecule has 0 saturated carbocycles. The molecule has 0 radical (unpaired) electrons. The zero-order chi connectivity index (χ0) is 18.9. The average Bonchev–Trinajstić information content (AvgIpc) is 2.64. The molecule has 2 rings (SSSR count). The van der Waals surface area contributed by atoms with Gasteiger partial charge in [0.05, 0.1) is 7.11 Å². The van der Waals surface area contributed by atoms with Crippen molar-refractivity contribution in [3.8, 4) is 5.75 Å². The SMILES string of the molecule is COc1cccc(C(=O)NCC(=O)OCC(=O)Nc2cccc(C)c2)c1. The normalized spacial score (nSPS) is 9.92. The topological polar surface area (TPSA) is 93.7 Å². The zero-order valence-electron chi connectivity index (χ0n) is 14.6. The fourth-order valence-corrected chi connectivity index (χ4v) is 2.14. The lowest BCUT2D eigenvalue weighted by molar-refractivity contribution is -0.146. The Kier molecular flexibility index (Phi) is 6.73. The number of carbonyl (C=O) groups is 3. The summed E-state index contributed by atoms with van der Waals surface area (Å²) in [6, 6.07) is 13.8. The number of methoxy groups -OCH3 is 1. The Labute approximate surface area is 151 Å². The van der Waals surface area contributed by atoms with Crippen molar-refractivity contribution in [1.29, 1.82) is 0 Å². The van der Waals surface area contributed by atoms with Crippen molar-refractivity contribution < 1.29 is 23.9 Å². The van der Waals surface area contributed by atoms with Crippen molar-refractivity contribution >= 4 is 23.5 Å². The van der Waals surface area contributed by atoms with E-state index in [2.05, 4.69) is 10.6 Å². The van der Waals surface area contributed by atoms with E-state index in [-0.39, 0.29) is 6.54 Å². The monoisotopic (exact) mass is 356 g/mol. The average molecular weight is 356 g/mol. The third kappa shape index (κ3) is 5.94. The molecule has 2 N–H and O–H groups in total. The Balaban J connectivity index is 1.74. The van der Waals surface area contributed by atoms with E-state index in [0.717, 1.165) is 5.56 Å². The number of carbonyl (C=O) groups excluding carboxylic acids is 3. The Morgan fingerprint density at radius 1 is 1.04 bits per heavy atom. The van der Waals surface area contributed by atoms with E-state index in [9.17, 15) is 14.4 Å². The molecule has 0 aliphatic carbocycles. The Hall–Kier alpha value is -3.35. The lowest BCUT2D eigenvalue weighted by Gasteiger charge is -2.08. The van der Waals surface area contributed by atoms with E-state index < -0.39 is 24.4 Å². The molecule has 0 aliphatic heterocycles. The van der Waals surface area contributed by atoms with Crippen LogP contribution in [-0.4, -0.2) is 38.0 Å². The van der Waals surface area contributed by atoms with Crippen molar-refractivity contribution in [3.05, 3.63) is 59.7 Å². The summed E-state index contributed by atoms with van der Waals surface area (Å²) in [4.78, 5) is 35.4. The van der Waals surface area contributed by atoms with Crippen LogP contribution in [0.3, 0.4) is 0 Å². The van der Waals surface area contributed by atoms with E-state index >= 15 is 0 Å². The molecule has 0 atom stereocenters. The lowest BCUT2D eigenvalue weighted by atomic mass is 10.2. The Morgan fingerprint density at radius 3 is 2.54 bits per heavy atom. The Morgan fingerprint density at radius 2 is 1.81 bits per heavy atom. The molecular weight excluding hydrogens is 336 g/mol. The van der Waals surface area contributed by atoms with Crippen molar-refractivity contribution in [2.45, 2.75) is 6.92 Å². The molecule has 26 heavy (non-hydrogen) atoms. The van der Waals surface area contributed by atoms with Crippen LogP contribution in [0.15, 0.2) is 48.5 Å². The number of nitrogens with one attached hydrogen (secondary N) is 2. The quantitative estimate of drug-likeness (QED) is 0.739. The predicted molar refractivity (Wildman–Crippen MR) is 96.1 cm³/mol. The van der Waals surface area contributed by atoms with Crippen LogP contribution in [0.4, 0.5) is 5.69 Å². The predicted octanol–water partition coefficient (Wildman–Crippen LogP) is 1.92. The summed E-state index contributed by atoms with van der Waals surface area (Å²) in [5, 5.41) is 5.05. The second-order valence-electron chi connectivity index (χ2n) is 5.49. The highest BCUT2D eigenvalue weighted by molar-refractivity contribution is 5.97. The number of rotatable bonds is 7. The molecule has 0 bridgehead atoms. The molecule has 136 valence electrons. The molecule has 0 spiro atoms. The number of benzene rings is 2. The molecular formula is C19H20N2O5. The van der Waals surface area contributed by atoms with Gasteiger partial charge >= 0.3 is 5.97 Å². The molecule has 2 amide bonds. The summed E-state index contributed by atoms with van der Waals surface area (Å²) in [6.45, 7) is 1.14. The fraction of sp³-hybridized carbons (Fsp3) is 0.211. The third-order valence-corrected chi connectivity index (χ3v) is 3.39. The van der Waals surface area contributed by atoms with Gasteiger partial charge in [0, 0.05) is 11.3 Å². The number of esters is 1. The van der Waals surface area contributed by atoms with Gasteiger partial charge in [-0.05, 0) is 42.8 Å². The minimum absolute atomic E-state index is 0.340. The van der Waals surface area contributed by atoms with Crippen molar-refractivity contribution in [2.75, 3.05) is 25.6 Å². The van der Waals surface area contributed by atoms with Gasteiger partial charge in [-0.1, -0.05) is 18.2 Å². The number of amides is 2. The van der Waals surface area contributed by atoms with Gasteiger partial charge in [-0.15, -0.1) is 0 Å². The summed E-state index contributed by atoms with van der Waals surface area (Å²) < 4.78 is 9.88. The number of aryl methyl sites for hydroxylation is 1. The third-order valence-electron chi connectivity index (χ3n) is 3.39. The molecule has 0 fully saturated rings. The van der Waals surface area contributed by atoms with E-state index in [1.807, 2.05) is 19.1 Å². The maximum Gasteiger partial charge on any atom is 0.325 e. The molecule has 2 aromatic rings. The highest BCUT2D eigenvalue weighted by Gasteiger charge is 2.11. The maximum absolute atomic E-state index is 12.0. The Bertz CT molecular complexity index is 804. The number of hydrogen-bond donors (Lipinski definition) is 2. The van der Waals surface area contributed by atoms with Crippen LogP contribution >= 0.6 is 0 Å². The van der Waals surface area contributed by atoms with Gasteiger partial charge in [0.15, 0.2) is 6.61 Å². The summed E-state index contributed by atoms with van der Waals surface area (Å²) in [5.74, 6) is -1.07. The summed E-state index contributed by atoms with van der Waals surface area (Å²) >= 11 is 0. The lowest BCUT2D eigenvalue weighted by Crippen LogP contribution is -2.32. The minimum Gasteiger partial charge on any atom is -0.497 e. The van der Waals surface area contributed by atoms with Gasteiger partial charge in [-0.2, -0.15) is 0 Å². The summed E-state index contributed by atoms with van der Waals surface area (Å²) in [7, 11) is 1.50. The molecule has 7 heteroatoms. The molecule has 0 unspecified atom stereocenters. The van der Waals surface area contributed by atoms with Crippen molar-refractivity contribution in [2.24, 2.45) is 0 Å². The number of anilines is 1. The van der Waals surface area contributed by atoms with E-state index in [4.69, 9.17) is 9.47 Å². The molecule has 2 aromatic carbocycles. The zero-order valence-corrected chi connectivity index (χ0v) is 14.6. The molecule has 0 heterocycles.